The smallest absolute Gasteiger partial charge is 0.338 e. The zero-order chi connectivity index (χ0) is 19.8. The highest BCUT2D eigenvalue weighted by Gasteiger charge is 2.43. The first-order valence-corrected chi connectivity index (χ1v) is 9.26. The van der Waals surface area contributed by atoms with Gasteiger partial charge in [-0.3, -0.25) is 4.79 Å². The van der Waals surface area contributed by atoms with E-state index < -0.39 is 18.0 Å². The summed E-state index contributed by atoms with van der Waals surface area (Å²) in [6.45, 7) is 3.86. The molecule has 1 unspecified atom stereocenters. The summed E-state index contributed by atoms with van der Waals surface area (Å²) >= 11 is 6.05. The number of likely N-dealkylation sites (tertiary alicyclic amines) is 1. The van der Waals surface area contributed by atoms with Gasteiger partial charge < -0.3 is 4.90 Å². The Morgan fingerprint density at radius 3 is 2.70 bits per heavy atom. The van der Waals surface area contributed by atoms with Gasteiger partial charge in [0.25, 0.3) is 5.91 Å². The molecule has 0 N–H and O–H groups in total. The third-order valence-electron chi connectivity index (χ3n) is 4.81. The number of amides is 1. The van der Waals surface area contributed by atoms with E-state index in [0.29, 0.717) is 34.9 Å². The molecule has 0 radical (unpaired) electrons. The SMILES string of the molecule is CC(C)c1c(C(=O)N2CCCC(C(F)(F)F)C2)cnn1-c1cccc(Cl)c1. The summed E-state index contributed by atoms with van der Waals surface area (Å²) in [5, 5.41) is 4.86. The van der Waals surface area contributed by atoms with Gasteiger partial charge in [0.15, 0.2) is 0 Å². The van der Waals surface area contributed by atoms with Crippen molar-refractivity contribution >= 4 is 17.5 Å². The maximum Gasteiger partial charge on any atom is 0.393 e. The van der Waals surface area contributed by atoms with Crippen LogP contribution in [-0.2, 0) is 0 Å². The number of carbonyl (C=O) groups excluding carboxylic acids is 1. The molecule has 0 spiro atoms. The van der Waals surface area contributed by atoms with Crippen LogP contribution >= 0.6 is 11.6 Å². The average Bonchev–Trinajstić information content (AvgIpc) is 3.06. The van der Waals surface area contributed by atoms with Gasteiger partial charge in [-0.25, -0.2) is 4.68 Å². The maximum absolute atomic E-state index is 13.1. The molecule has 1 saturated heterocycles. The molecule has 1 amide bonds. The van der Waals surface area contributed by atoms with Gasteiger partial charge >= 0.3 is 6.18 Å². The van der Waals surface area contributed by atoms with Crippen molar-refractivity contribution in [2.45, 2.75) is 38.8 Å². The summed E-state index contributed by atoms with van der Waals surface area (Å²) in [7, 11) is 0. The van der Waals surface area contributed by atoms with Crippen LogP contribution in [0.15, 0.2) is 30.5 Å². The van der Waals surface area contributed by atoms with Crippen molar-refractivity contribution in [3.63, 3.8) is 0 Å². The molecule has 2 heterocycles. The largest absolute Gasteiger partial charge is 0.393 e. The van der Waals surface area contributed by atoms with Crippen molar-refractivity contribution in [2.24, 2.45) is 5.92 Å². The van der Waals surface area contributed by atoms with Gasteiger partial charge in [-0.2, -0.15) is 18.3 Å². The van der Waals surface area contributed by atoms with E-state index >= 15 is 0 Å². The zero-order valence-electron chi connectivity index (χ0n) is 15.1. The molecule has 146 valence electrons. The van der Waals surface area contributed by atoms with Crippen molar-refractivity contribution in [3.8, 4) is 5.69 Å². The Labute approximate surface area is 160 Å². The van der Waals surface area contributed by atoms with E-state index in [2.05, 4.69) is 5.10 Å². The van der Waals surface area contributed by atoms with Crippen LogP contribution in [0.1, 0.15) is 48.7 Å². The fourth-order valence-electron chi connectivity index (χ4n) is 3.49. The third kappa shape index (κ3) is 4.13. The van der Waals surface area contributed by atoms with E-state index in [9.17, 15) is 18.0 Å². The van der Waals surface area contributed by atoms with Crippen LogP contribution in [0, 0.1) is 5.92 Å². The minimum atomic E-state index is -4.29. The molecule has 1 aliphatic heterocycles. The molecule has 8 heteroatoms. The van der Waals surface area contributed by atoms with Crippen LogP contribution in [0.25, 0.3) is 5.69 Å². The van der Waals surface area contributed by atoms with Crippen LogP contribution in [0.5, 0.6) is 0 Å². The van der Waals surface area contributed by atoms with Crippen molar-refractivity contribution < 1.29 is 18.0 Å². The van der Waals surface area contributed by atoms with Gasteiger partial charge in [0, 0.05) is 18.1 Å². The molecule has 1 fully saturated rings. The van der Waals surface area contributed by atoms with E-state index in [1.807, 2.05) is 19.9 Å². The molecule has 2 aromatic rings. The van der Waals surface area contributed by atoms with Crippen molar-refractivity contribution in [1.29, 1.82) is 0 Å². The fourth-order valence-corrected chi connectivity index (χ4v) is 3.68. The minimum Gasteiger partial charge on any atom is -0.338 e. The summed E-state index contributed by atoms with van der Waals surface area (Å²) in [6, 6.07) is 7.07. The molecule has 1 atom stereocenters. The highest BCUT2D eigenvalue weighted by molar-refractivity contribution is 6.30. The molecular weight excluding hydrogens is 379 g/mol. The van der Waals surface area contributed by atoms with Crippen LogP contribution in [0.2, 0.25) is 5.02 Å². The van der Waals surface area contributed by atoms with Gasteiger partial charge in [-0.15, -0.1) is 0 Å². The molecule has 27 heavy (non-hydrogen) atoms. The number of carbonyl (C=O) groups is 1. The second-order valence-electron chi connectivity index (χ2n) is 7.12. The number of hydrogen-bond acceptors (Lipinski definition) is 2. The minimum absolute atomic E-state index is 0.0476. The number of halogens is 4. The van der Waals surface area contributed by atoms with Gasteiger partial charge in [-0.05, 0) is 37.0 Å². The van der Waals surface area contributed by atoms with Crippen LogP contribution in [0.4, 0.5) is 13.2 Å². The van der Waals surface area contributed by atoms with Crippen molar-refractivity contribution in [2.75, 3.05) is 13.1 Å². The van der Waals surface area contributed by atoms with Gasteiger partial charge in [0.2, 0.25) is 0 Å². The Morgan fingerprint density at radius 2 is 2.07 bits per heavy atom. The van der Waals surface area contributed by atoms with Gasteiger partial charge in [0.1, 0.15) is 0 Å². The second kappa shape index (κ2) is 7.54. The Bertz CT molecular complexity index is 832. The van der Waals surface area contributed by atoms with E-state index in [4.69, 9.17) is 11.6 Å². The van der Waals surface area contributed by atoms with E-state index in [1.54, 1.807) is 22.9 Å². The molecule has 0 aliphatic carbocycles. The molecule has 0 bridgehead atoms. The van der Waals surface area contributed by atoms with Gasteiger partial charge in [-0.1, -0.05) is 31.5 Å². The van der Waals surface area contributed by atoms with Crippen LogP contribution in [-0.4, -0.2) is 39.9 Å². The lowest BCUT2D eigenvalue weighted by Crippen LogP contribution is -2.44. The van der Waals surface area contributed by atoms with Crippen molar-refractivity contribution in [3.05, 3.63) is 46.7 Å². The summed E-state index contributed by atoms with van der Waals surface area (Å²) < 4.78 is 40.9. The third-order valence-corrected chi connectivity index (χ3v) is 5.04. The molecule has 3 rings (SSSR count). The predicted octanol–water partition coefficient (Wildman–Crippen LogP) is 5.06. The number of aromatic nitrogens is 2. The Balaban J connectivity index is 1.94. The highest BCUT2D eigenvalue weighted by atomic mass is 35.5. The second-order valence-corrected chi connectivity index (χ2v) is 7.56. The van der Waals surface area contributed by atoms with Crippen molar-refractivity contribution in [1.82, 2.24) is 14.7 Å². The lowest BCUT2D eigenvalue weighted by Gasteiger charge is -2.33. The zero-order valence-corrected chi connectivity index (χ0v) is 15.9. The van der Waals surface area contributed by atoms with E-state index in [1.165, 1.54) is 11.1 Å². The standard InChI is InChI=1S/C19H21ClF3N3O/c1-12(2)17-16(10-24-26(17)15-7-3-6-14(20)9-15)18(27)25-8-4-5-13(11-25)19(21,22)23/h3,6-7,9-10,12-13H,4-5,8,11H2,1-2H3. The first-order chi connectivity index (χ1) is 12.7. The normalized spacial score (nSPS) is 18.2. The molecule has 0 saturated carbocycles. The lowest BCUT2D eigenvalue weighted by atomic mass is 9.96. The lowest BCUT2D eigenvalue weighted by molar-refractivity contribution is -0.184. The van der Waals surface area contributed by atoms with E-state index in [-0.39, 0.29) is 18.9 Å². The maximum atomic E-state index is 13.1. The molecule has 1 aromatic heterocycles. The fraction of sp³-hybridized carbons (Fsp3) is 0.474. The summed E-state index contributed by atoms with van der Waals surface area (Å²) in [5.74, 6) is -1.92. The summed E-state index contributed by atoms with van der Waals surface area (Å²) in [6.07, 6.45) is -2.44. The average molecular weight is 400 g/mol. The summed E-state index contributed by atoms with van der Waals surface area (Å²) in [5.41, 5.74) is 1.71. The first-order valence-electron chi connectivity index (χ1n) is 8.88. The Kier molecular flexibility index (Phi) is 5.51. The van der Waals surface area contributed by atoms with E-state index in [0.717, 1.165) is 0 Å². The molecular formula is C19H21ClF3N3O. The van der Waals surface area contributed by atoms with Crippen LogP contribution < -0.4 is 0 Å². The Hall–Kier alpha value is -2.02. The van der Waals surface area contributed by atoms with Gasteiger partial charge in [0.05, 0.1) is 29.1 Å². The van der Waals surface area contributed by atoms with Crippen LogP contribution in [0.3, 0.4) is 0 Å². The molecule has 1 aromatic carbocycles. The monoisotopic (exact) mass is 399 g/mol. The first kappa shape index (κ1) is 19.7. The molecule has 1 aliphatic rings. The number of piperidine rings is 1. The number of rotatable bonds is 3. The number of benzene rings is 1. The number of hydrogen-bond donors (Lipinski definition) is 0. The number of alkyl halides is 3. The molecule has 4 nitrogen and oxygen atoms in total. The number of nitrogens with zero attached hydrogens (tertiary/aromatic N) is 3. The highest BCUT2D eigenvalue weighted by Crippen LogP contribution is 2.34. The Morgan fingerprint density at radius 1 is 1.33 bits per heavy atom. The topological polar surface area (TPSA) is 38.1 Å². The predicted molar refractivity (Wildman–Crippen MR) is 97.3 cm³/mol. The quantitative estimate of drug-likeness (QED) is 0.723. The summed E-state index contributed by atoms with van der Waals surface area (Å²) in [4.78, 5) is 14.3.